The lowest BCUT2D eigenvalue weighted by molar-refractivity contribution is -0.125. The van der Waals surface area contributed by atoms with Gasteiger partial charge in [0, 0.05) is 26.4 Å². The van der Waals surface area contributed by atoms with Crippen LogP contribution in [0.2, 0.25) is 0 Å². The predicted molar refractivity (Wildman–Crippen MR) is 157 cm³/mol. The Morgan fingerprint density at radius 3 is 2.66 bits per heavy atom. The van der Waals surface area contributed by atoms with E-state index >= 15 is 0 Å². The molecule has 41 heavy (non-hydrogen) atoms. The molecule has 2 N–H and O–H groups in total. The molecule has 1 saturated heterocycles. The molecule has 10 nitrogen and oxygen atoms in total. The zero-order valence-corrected chi connectivity index (χ0v) is 23.2. The number of aryl methyl sites for hydroxylation is 1. The van der Waals surface area contributed by atoms with Gasteiger partial charge < -0.3 is 25.0 Å². The third-order valence-electron chi connectivity index (χ3n) is 7.21. The molecule has 0 aliphatic carbocycles. The van der Waals surface area contributed by atoms with Crippen LogP contribution in [-0.4, -0.2) is 60.1 Å². The van der Waals surface area contributed by atoms with Crippen LogP contribution in [0.25, 0.3) is 10.2 Å². The molecular formula is C30H27N5O5S. The summed E-state index contributed by atoms with van der Waals surface area (Å²) in [6.07, 6.45) is 2.50. The predicted octanol–water partition coefficient (Wildman–Crippen LogP) is 5.22. The first-order chi connectivity index (χ1) is 19.9. The monoisotopic (exact) mass is 569 g/mol. The van der Waals surface area contributed by atoms with E-state index in [2.05, 4.69) is 22.2 Å². The molecule has 11 heteroatoms. The minimum atomic E-state index is -0.420. The second kappa shape index (κ2) is 10.7. The quantitative estimate of drug-likeness (QED) is 0.295. The summed E-state index contributed by atoms with van der Waals surface area (Å²) in [7, 11) is 1.54. The maximum Gasteiger partial charge on any atom is 0.331 e. The number of pyridine rings is 1. The Balaban J connectivity index is 1.30. The van der Waals surface area contributed by atoms with Crippen molar-refractivity contribution in [2.24, 2.45) is 0 Å². The van der Waals surface area contributed by atoms with Gasteiger partial charge in [0.2, 0.25) is 5.91 Å². The Morgan fingerprint density at radius 1 is 1.12 bits per heavy atom. The van der Waals surface area contributed by atoms with Crippen LogP contribution < -0.4 is 20.3 Å². The molecule has 0 saturated carbocycles. The van der Waals surface area contributed by atoms with Crippen molar-refractivity contribution in [3.63, 3.8) is 0 Å². The highest BCUT2D eigenvalue weighted by atomic mass is 32.1. The van der Waals surface area contributed by atoms with E-state index < -0.39 is 12.1 Å². The lowest BCUT2D eigenvalue weighted by Gasteiger charge is -2.29. The number of carbonyl (C=O) groups excluding carboxylic acids is 3. The Hall–Kier alpha value is -4.74. The van der Waals surface area contributed by atoms with E-state index in [1.807, 2.05) is 55.5 Å². The molecule has 1 unspecified atom stereocenters. The zero-order valence-electron chi connectivity index (χ0n) is 22.4. The average molecular weight is 570 g/mol. The van der Waals surface area contributed by atoms with E-state index in [-0.39, 0.29) is 17.9 Å². The van der Waals surface area contributed by atoms with Gasteiger partial charge in [0.1, 0.15) is 21.2 Å². The fourth-order valence-corrected chi connectivity index (χ4v) is 6.27. The molecule has 0 bridgehead atoms. The number of amides is 4. The van der Waals surface area contributed by atoms with Gasteiger partial charge in [-0.2, -0.15) is 0 Å². The van der Waals surface area contributed by atoms with Crippen LogP contribution in [0.4, 0.5) is 21.9 Å². The number of likely N-dealkylation sites (tertiary alicyclic amines) is 1. The van der Waals surface area contributed by atoms with Gasteiger partial charge in [0.25, 0.3) is 5.91 Å². The fourth-order valence-electron chi connectivity index (χ4n) is 5.24. The smallest absolute Gasteiger partial charge is 0.331 e. The average Bonchev–Trinajstić information content (AvgIpc) is 3.56. The number of aromatic nitrogens is 1. The number of hydrogen-bond donors (Lipinski definition) is 2. The van der Waals surface area contributed by atoms with Crippen LogP contribution in [-0.2, 0) is 9.53 Å². The normalized spacial score (nSPS) is 17.9. The van der Waals surface area contributed by atoms with Crippen molar-refractivity contribution in [2.45, 2.75) is 19.1 Å². The number of para-hydroxylation sites is 1. The minimum Gasteiger partial charge on any atom is -0.457 e. The first-order valence-corrected chi connectivity index (χ1v) is 13.8. The topological polar surface area (TPSA) is 113 Å². The highest BCUT2D eigenvalue weighted by molar-refractivity contribution is 7.21. The fraction of sp³-hybridized carbons (Fsp3) is 0.200. The summed E-state index contributed by atoms with van der Waals surface area (Å²) < 4.78 is 11.5. The van der Waals surface area contributed by atoms with Crippen molar-refractivity contribution >= 4 is 56.5 Å². The maximum atomic E-state index is 13.6. The molecule has 0 radical (unpaired) electrons. The van der Waals surface area contributed by atoms with Gasteiger partial charge in [-0.25, -0.2) is 9.78 Å². The number of benzene rings is 2. The molecule has 6 rings (SSSR count). The number of urea groups is 1. The first kappa shape index (κ1) is 26.5. The van der Waals surface area contributed by atoms with Crippen molar-refractivity contribution in [3.05, 3.63) is 83.9 Å². The van der Waals surface area contributed by atoms with Crippen LogP contribution in [0, 0.1) is 6.92 Å². The number of nitrogens with zero attached hydrogens (tertiary/aromatic N) is 3. The number of rotatable bonds is 7. The molecule has 2 aliphatic rings. The summed E-state index contributed by atoms with van der Waals surface area (Å²) in [4.78, 5) is 47.8. The number of ether oxygens (including phenoxy) is 2. The molecular weight excluding hydrogens is 542 g/mol. The molecule has 208 valence electrons. The summed E-state index contributed by atoms with van der Waals surface area (Å²) in [5.74, 6) is 0.770. The number of thiophene rings is 1. The van der Waals surface area contributed by atoms with Gasteiger partial charge >= 0.3 is 6.03 Å². The lowest BCUT2D eigenvalue weighted by atomic mass is 10.1. The van der Waals surface area contributed by atoms with E-state index in [1.54, 1.807) is 29.2 Å². The van der Waals surface area contributed by atoms with Crippen LogP contribution >= 0.6 is 11.3 Å². The van der Waals surface area contributed by atoms with Gasteiger partial charge in [0.05, 0.1) is 34.6 Å². The molecule has 4 aromatic rings. The van der Waals surface area contributed by atoms with E-state index in [0.717, 1.165) is 11.3 Å². The van der Waals surface area contributed by atoms with Gasteiger partial charge in [-0.15, -0.1) is 11.3 Å². The molecule has 2 aliphatic heterocycles. The van der Waals surface area contributed by atoms with E-state index in [0.29, 0.717) is 51.0 Å². The second-order valence-corrected chi connectivity index (χ2v) is 10.7. The minimum absolute atomic E-state index is 0.225. The first-order valence-electron chi connectivity index (χ1n) is 13.0. The molecule has 1 fully saturated rings. The van der Waals surface area contributed by atoms with Gasteiger partial charge in [-0.05, 0) is 55.0 Å². The van der Waals surface area contributed by atoms with Crippen LogP contribution in [0.1, 0.15) is 15.2 Å². The zero-order chi connectivity index (χ0) is 28.7. The standard InChI is InChI=1S/C30H27N5O5S/c1-4-24(36)34-15-20(23(16-34)39-3)32-28(37)27-26-25-22(12-13-31-29(25)41-27)35(30(38)33-26)21-11-10-19(14-17(21)2)40-18-8-6-5-7-9-18/h4-14,20,23H,1,15-16H2,2-3H3,(H,32,37)(H,33,38)/t20-,23?/m0/s1. The molecule has 2 aromatic carbocycles. The van der Waals surface area contributed by atoms with Gasteiger partial charge in [-0.3, -0.25) is 14.5 Å². The molecule has 2 aromatic heterocycles. The summed E-state index contributed by atoms with van der Waals surface area (Å²) >= 11 is 1.20. The number of nitrogens with one attached hydrogen (secondary N) is 2. The Morgan fingerprint density at radius 2 is 1.93 bits per heavy atom. The van der Waals surface area contributed by atoms with Crippen molar-refractivity contribution in [2.75, 3.05) is 30.4 Å². The van der Waals surface area contributed by atoms with Crippen molar-refractivity contribution in [3.8, 4) is 11.5 Å². The summed E-state index contributed by atoms with van der Waals surface area (Å²) in [6, 6.07) is 16.0. The summed E-state index contributed by atoms with van der Waals surface area (Å²) in [6.45, 7) is 6.09. The largest absolute Gasteiger partial charge is 0.457 e. The molecule has 4 amide bonds. The molecule has 0 spiro atoms. The van der Waals surface area contributed by atoms with E-state index in [4.69, 9.17) is 9.47 Å². The number of carbonyl (C=O) groups is 3. The van der Waals surface area contributed by atoms with Gasteiger partial charge in [0.15, 0.2) is 0 Å². The van der Waals surface area contributed by atoms with Crippen LogP contribution in [0.5, 0.6) is 11.5 Å². The number of methoxy groups -OCH3 is 1. The van der Waals surface area contributed by atoms with Gasteiger partial charge in [-0.1, -0.05) is 24.8 Å². The Labute approximate surface area is 240 Å². The molecule has 4 heterocycles. The third-order valence-corrected chi connectivity index (χ3v) is 8.31. The Bertz CT molecular complexity index is 1690. The van der Waals surface area contributed by atoms with Crippen LogP contribution in [0.15, 0.2) is 73.4 Å². The second-order valence-electron chi connectivity index (χ2n) is 9.75. The van der Waals surface area contributed by atoms with Crippen LogP contribution in [0.3, 0.4) is 0 Å². The summed E-state index contributed by atoms with van der Waals surface area (Å²) in [5, 5.41) is 6.60. The number of hydrogen-bond acceptors (Lipinski definition) is 7. The van der Waals surface area contributed by atoms with Crippen molar-refractivity contribution < 1.29 is 23.9 Å². The van der Waals surface area contributed by atoms with E-state index in [9.17, 15) is 14.4 Å². The van der Waals surface area contributed by atoms with Crippen molar-refractivity contribution in [1.29, 1.82) is 0 Å². The lowest BCUT2D eigenvalue weighted by Crippen LogP contribution is -2.44. The number of anilines is 3. The molecule has 2 atom stereocenters. The Kier molecular flexibility index (Phi) is 6.90. The van der Waals surface area contributed by atoms with E-state index in [1.165, 1.54) is 17.4 Å². The SMILES string of the molecule is C=CC(=O)N1CC(OC)[C@@H](NC(=O)c2sc3nccc4c3c2NC(=O)N4c2ccc(Oc3ccccc3)cc2C)C1. The third kappa shape index (κ3) is 4.79. The summed E-state index contributed by atoms with van der Waals surface area (Å²) in [5.41, 5.74) is 2.56. The highest BCUT2D eigenvalue weighted by Gasteiger charge is 2.38. The maximum absolute atomic E-state index is 13.6. The van der Waals surface area contributed by atoms with Crippen molar-refractivity contribution in [1.82, 2.24) is 15.2 Å². The highest BCUT2D eigenvalue weighted by Crippen LogP contribution is 2.46.